The Morgan fingerprint density at radius 1 is 1.15 bits per heavy atom. The van der Waals surface area contributed by atoms with Crippen LogP contribution in [0.1, 0.15) is 24.3 Å². The van der Waals surface area contributed by atoms with Gasteiger partial charge in [0.2, 0.25) is 0 Å². The predicted molar refractivity (Wildman–Crippen MR) is 138 cm³/mol. The zero-order valence-electron chi connectivity index (χ0n) is 18.4. The van der Waals surface area contributed by atoms with E-state index in [1.54, 1.807) is 17.4 Å². The molecule has 4 aromatic rings. The first kappa shape index (κ1) is 23.6. The van der Waals surface area contributed by atoms with Crippen molar-refractivity contribution in [2.75, 3.05) is 11.9 Å². The number of aromatic amines is 1. The lowest BCUT2D eigenvalue weighted by molar-refractivity contribution is -0.141. The number of thiazole rings is 1. The SMILES string of the molecule is CC(C)Cc1sc(NCC(Cc2cccc3[nH]ccc23)C(=O)O)nc1-c1ccc(Cl)c(Cl)c1. The minimum atomic E-state index is -0.835. The number of nitrogens with zero attached hydrogens (tertiary/aromatic N) is 1. The Labute approximate surface area is 206 Å². The number of nitrogens with one attached hydrogen (secondary N) is 2. The summed E-state index contributed by atoms with van der Waals surface area (Å²) in [4.78, 5) is 21.1. The van der Waals surface area contributed by atoms with Gasteiger partial charge in [-0.25, -0.2) is 4.98 Å². The summed E-state index contributed by atoms with van der Waals surface area (Å²) < 4.78 is 0. The summed E-state index contributed by atoms with van der Waals surface area (Å²) in [5, 5.41) is 15.9. The summed E-state index contributed by atoms with van der Waals surface area (Å²) in [6.45, 7) is 4.60. The van der Waals surface area contributed by atoms with Gasteiger partial charge in [-0.2, -0.15) is 0 Å². The fourth-order valence-corrected chi connectivity index (χ4v) is 5.36. The van der Waals surface area contributed by atoms with Gasteiger partial charge in [-0.1, -0.05) is 55.2 Å². The van der Waals surface area contributed by atoms with Gasteiger partial charge in [0, 0.05) is 34.1 Å². The van der Waals surface area contributed by atoms with Gasteiger partial charge in [-0.15, -0.1) is 11.3 Å². The largest absolute Gasteiger partial charge is 0.481 e. The molecule has 0 fully saturated rings. The monoisotopic (exact) mass is 501 g/mol. The molecule has 0 aliphatic heterocycles. The van der Waals surface area contributed by atoms with Gasteiger partial charge in [-0.05, 0) is 48.6 Å². The van der Waals surface area contributed by atoms with E-state index in [9.17, 15) is 9.90 Å². The van der Waals surface area contributed by atoms with Crippen LogP contribution in [-0.2, 0) is 17.6 Å². The van der Waals surface area contributed by atoms with Gasteiger partial charge in [-0.3, -0.25) is 4.79 Å². The van der Waals surface area contributed by atoms with Crippen LogP contribution in [0.15, 0.2) is 48.7 Å². The van der Waals surface area contributed by atoms with Crippen LogP contribution in [-0.4, -0.2) is 27.6 Å². The number of anilines is 1. The van der Waals surface area contributed by atoms with Crippen molar-refractivity contribution in [3.05, 3.63) is 69.1 Å². The van der Waals surface area contributed by atoms with Crippen LogP contribution in [0.5, 0.6) is 0 Å². The number of aliphatic carboxylic acids is 1. The molecule has 2 heterocycles. The Balaban J connectivity index is 1.55. The normalized spacial score (nSPS) is 12.4. The molecule has 4 rings (SSSR count). The first-order valence-corrected chi connectivity index (χ1v) is 12.4. The van der Waals surface area contributed by atoms with E-state index in [0.29, 0.717) is 27.5 Å². The van der Waals surface area contributed by atoms with E-state index in [2.05, 4.69) is 24.1 Å². The number of carboxylic acid groups (broad SMARTS) is 1. The molecule has 0 aliphatic rings. The number of hydrogen-bond acceptors (Lipinski definition) is 4. The number of fused-ring (bicyclic) bond motifs is 1. The summed E-state index contributed by atoms with van der Waals surface area (Å²) in [6.07, 6.45) is 3.17. The van der Waals surface area contributed by atoms with Crippen LogP contribution in [0, 0.1) is 11.8 Å². The number of H-pyrrole nitrogens is 1. The van der Waals surface area contributed by atoms with E-state index in [1.165, 1.54) is 0 Å². The molecule has 0 amide bonds. The highest BCUT2D eigenvalue weighted by molar-refractivity contribution is 7.16. The standard InChI is InChI=1S/C25H25Cl2N3O2S/c1-14(2)10-22-23(16-6-7-19(26)20(27)12-16)30-25(33-22)29-13-17(24(31)32)11-15-4-3-5-21-18(15)8-9-28-21/h3-9,12,14,17,28H,10-11,13H2,1-2H3,(H,29,30)(H,31,32). The van der Waals surface area contributed by atoms with Crippen molar-refractivity contribution < 1.29 is 9.90 Å². The molecule has 2 aromatic heterocycles. The average Bonchev–Trinajstić information content (AvgIpc) is 3.40. The van der Waals surface area contributed by atoms with Crippen LogP contribution >= 0.6 is 34.5 Å². The molecule has 3 N–H and O–H groups in total. The highest BCUT2D eigenvalue weighted by Gasteiger charge is 2.21. The van der Waals surface area contributed by atoms with Crippen LogP contribution in [0.3, 0.4) is 0 Å². The quantitative estimate of drug-likeness (QED) is 0.227. The number of rotatable bonds is 9. The van der Waals surface area contributed by atoms with E-state index in [0.717, 1.165) is 39.0 Å². The second-order valence-electron chi connectivity index (χ2n) is 8.49. The third kappa shape index (κ3) is 5.52. The van der Waals surface area contributed by atoms with Gasteiger partial charge in [0.15, 0.2) is 5.13 Å². The van der Waals surface area contributed by atoms with Crippen molar-refractivity contribution in [3.8, 4) is 11.3 Å². The van der Waals surface area contributed by atoms with Crippen molar-refractivity contribution in [2.24, 2.45) is 11.8 Å². The maximum Gasteiger partial charge on any atom is 0.308 e. The maximum absolute atomic E-state index is 12.0. The fourth-order valence-electron chi connectivity index (χ4n) is 3.86. The molecule has 0 bridgehead atoms. The number of aromatic nitrogens is 2. The molecule has 8 heteroatoms. The zero-order valence-corrected chi connectivity index (χ0v) is 20.7. The topological polar surface area (TPSA) is 78.0 Å². The van der Waals surface area contributed by atoms with E-state index in [-0.39, 0.29) is 6.54 Å². The van der Waals surface area contributed by atoms with Gasteiger partial charge >= 0.3 is 5.97 Å². The van der Waals surface area contributed by atoms with Crippen molar-refractivity contribution in [1.29, 1.82) is 0 Å². The third-order valence-electron chi connectivity index (χ3n) is 5.48. The first-order valence-electron chi connectivity index (χ1n) is 10.8. The molecular weight excluding hydrogens is 477 g/mol. The van der Waals surface area contributed by atoms with Gasteiger partial charge in [0.25, 0.3) is 0 Å². The Kier molecular flexibility index (Phi) is 7.27. The smallest absolute Gasteiger partial charge is 0.308 e. The Bertz CT molecular complexity index is 1280. The highest BCUT2D eigenvalue weighted by Crippen LogP contribution is 2.36. The van der Waals surface area contributed by atoms with Crippen LogP contribution in [0.25, 0.3) is 22.2 Å². The minimum Gasteiger partial charge on any atom is -0.481 e. The molecule has 0 aliphatic carbocycles. The van der Waals surface area contributed by atoms with Crippen LogP contribution < -0.4 is 5.32 Å². The van der Waals surface area contributed by atoms with Crippen LogP contribution in [0.2, 0.25) is 10.0 Å². The van der Waals surface area contributed by atoms with E-state index < -0.39 is 11.9 Å². The molecule has 0 saturated heterocycles. The number of carboxylic acids is 1. The Hall–Kier alpha value is -2.54. The highest BCUT2D eigenvalue weighted by atomic mass is 35.5. The second-order valence-corrected chi connectivity index (χ2v) is 10.4. The summed E-state index contributed by atoms with van der Waals surface area (Å²) in [6, 6.07) is 13.4. The van der Waals surface area contributed by atoms with Gasteiger partial charge in [0.1, 0.15) is 0 Å². The van der Waals surface area contributed by atoms with Gasteiger partial charge in [0.05, 0.1) is 21.7 Å². The lowest BCUT2D eigenvalue weighted by Gasteiger charge is -2.14. The summed E-state index contributed by atoms with van der Waals surface area (Å²) in [5.41, 5.74) is 3.78. The minimum absolute atomic E-state index is 0.283. The predicted octanol–water partition coefficient (Wildman–Crippen LogP) is 7.15. The lowest BCUT2D eigenvalue weighted by atomic mass is 9.97. The Morgan fingerprint density at radius 3 is 2.70 bits per heavy atom. The molecule has 2 aromatic carbocycles. The number of benzene rings is 2. The molecule has 0 radical (unpaired) electrons. The van der Waals surface area contributed by atoms with E-state index >= 15 is 0 Å². The van der Waals surface area contributed by atoms with Gasteiger partial charge < -0.3 is 15.4 Å². The van der Waals surface area contributed by atoms with Crippen molar-refractivity contribution in [2.45, 2.75) is 26.7 Å². The summed E-state index contributed by atoms with van der Waals surface area (Å²) in [7, 11) is 0. The maximum atomic E-state index is 12.0. The molecule has 1 unspecified atom stereocenters. The second kappa shape index (κ2) is 10.2. The fraction of sp³-hybridized carbons (Fsp3) is 0.280. The Morgan fingerprint density at radius 2 is 1.97 bits per heavy atom. The first-order chi connectivity index (χ1) is 15.8. The number of halogens is 2. The van der Waals surface area contributed by atoms with Crippen molar-refractivity contribution in [3.63, 3.8) is 0 Å². The zero-order chi connectivity index (χ0) is 23.5. The van der Waals surface area contributed by atoms with E-state index in [1.807, 2.05) is 42.6 Å². The average molecular weight is 502 g/mol. The molecule has 1 atom stereocenters. The third-order valence-corrected chi connectivity index (χ3v) is 7.26. The van der Waals surface area contributed by atoms with Crippen molar-refractivity contribution in [1.82, 2.24) is 9.97 Å². The van der Waals surface area contributed by atoms with Crippen LogP contribution in [0.4, 0.5) is 5.13 Å². The lowest BCUT2D eigenvalue weighted by Crippen LogP contribution is -2.25. The molecule has 0 spiro atoms. The van der Waals surface area contributed by atoms with E-state index in [4.69, 9.17) is 28.2 Å². The molecular formula is C25H25Cl2N3O2S. The molecule has 172 valence electrons. The number of carbonyl (C=O) groups is 1. The number of hydrogen-bond donors (Lipinski definition) is 3. The molecule has 5 nitrogen and oxygen atoms in total. The molecule has 33 heavy (non-hydrogen) atoms. The molecule has 0 saturated carbocycles. The summed E-state index contributed by atoms with van der Waals surface area (Å²) in [5.74, 6) is -0.969. The summed E-state index contributed by atoms with van der Waals surface area (Å²) >= 11 is 13.9. The van der Waals surface area contributed by atoms with Crippen molar-refractivity contribution >= 4 is 56.5 Å².